The number of oxazole rings is 1. The van der Waals surface area contributed by atoms with E-state index in [4.69, 9.17) is 23.5 Å². The smallest absolute Gasteiger partial charge is 0.302 e. The first kappa shape index (κ1) is 23.6. The van der Waals surface area contributed by atoms with Gasteiger partial charge in [0.15, 0.2) is 11.4 Å². The molecule has 184 valence electrons. The molecule has 0 saturated carbocycles. The molecule has 0 aliphatic carbocycles. The second-order valence-corrected chi connectivity index (χ2v) is 8.28. The SMILES string of the molecule is C\C=C/C(=C\C=C\CC)c1cc2nc(Nc3nc(-c4ccccc4)co3)nc(N3CCOCC3)c2o1. The third kappa shape index (κ3) is 5.23. The fourth-order valence-electron chi connectivity index (χ4n) is 3.98. The van der Waals surface area contributed by atoms with Crippen molar-refractivity contribution in [3.63, 3.8) is 0 Å². The molecule has 5 rings (SSSR count). The molecule has 1 aliphatic rings. The number of ether oxygens (including phenoxy) is 1. The molecule has 4 heterocycles. The molecule has 0 spiro atoms. The second-order valence-electron chi connectivity index (χ2n) is 8.28. The van der Waals surface area contributed by atoms with E-state index in [-0.39, 0.29) is 0 Å². The van der Waals surface area contributed by atoms with E-state index in [9.17, 15) is 0 Å². The first-order chi connectivity index (χ1) is 17.7. The van der Waals surface area contributed by atoms with E-state index >= 15 is 0 Å². The van der Waals surface area contributed by atoms with E-state index in [2.05, 4.69) is 28.2 Å². The Balaban J connectivity index is 1.53. The molecule has 1 N–H and O–H groups in total. The number of nitrogens with one attached hydrogen (secondary N) is 1. The van der Waals surface area contributed by atoms with Gasteiger partial charge in [0, 0.05) is 30.3 Å². The number of nitrogens with zero attached hydrogens (tertiary/aromatic N) is 4. The Kier molecular flexibility index (Phi) is 7.23. The molecule has 1 aliphatic heterocycles. The number of furan rings is 1. The maximum absolute atomic E-state index is 6.34. The van der Waals surface area contributed by atoms with Gasteiger partial charge in [0.1, 0.15) is 23.2 Å². The van der Waals surface area contributed by atoms with Gasteiger partial charge in [-0.15, -0.1) is 0 Å². The summed E-state index contributed by atoms with van der Waals surface area (Å²) in [5.74, 6) is 1.84. The highest BCUT2D eigenvalue weighted by Gasteiger charge is 2.22. The van der Waals surface area contributed by atoms with Crippen molar-refractivity contribution in [1.29, 1.82) is 0 Å². The van der Waals surface area contributed by atoms with Gasteiger partial charge in [-0.05, 0) is 13.3 Å². The molecule has 1 fully saturated rings. The molecule has 0 unspecified atom stereocenters. The molecular formula is C28H29N5O3. The molecule has 0 atom stereocenters. The van der Waals surface area contributed by atoms with Gasteiger partial charge in [0.2, 0.25) is 5.95 Å². The van der Waals surface area contributed by atoms with Crippen LogP contribution in [0.4, 0.5) is 17.8 Å². The number of hydrogen-bond donors (Lipinski definition) is 1. The molecular weight excluding hydrogens is 454 g/mol. The standard InChI is InChI=1S/C28H29N5O3/c1-3-5-7-13-21(10-4-2)24-18-22-25(36-24)26(33-14-16-34-17-15-33)31-27(29-22)32-28-30-23(19-35-28)20-11-8-6-9-12-20/h4-13,18-19H,3,14-17H2,1-2H3,(H,29,30,31,32)/b7-5+,10-4-,21-13+. The van der Waals surface area contributed by atoms with Crippen molar-refractivity contribution in [2.45, 2.75) is 20.3 Å². The van der Waals surface area contributed by atoms with E-state index in [1.54, 1.807) is 6.26 Å². The van der Waals surface area contributed by atoms with Crippen molar-refractivity contribution < 1.29 is 13.6 Å². The Labute approximate surface area is 210 Å². The third-order valence-corrected chi connectivity index (χ3v) is 5.74. The van der Waals surface area contributed by atoms with E-state index in [0.717, 1.165) is 47.9 Å². The van der Waals surface area contributed by atoms with Crippen LogP contribution < -0.4 is 10.2 Å². The normalized spacial score (nSPS) is 14.9. The average Bonchev–Trinajstić information content (AvgIpc) is 3.56. The van der Waals surface area contributed by atoms with Gasteiger partial charge in [-0.25, -0.2) is 4.98 Å². The van der Waals surface area contributed by atoms with Gasteiger partial charge in [-0.3, -0.25) is 5.32 Å². The summed E-state index contributed by atoms with van der Waals surface area (Å²) in [5, 5.41) is 3.13. The zero-order valence-electron chi connectivity index (χ0n) is 20.5. The van der Waals surface area contributed by atoms with E-state index < -0.39 is 0 Å². The minimum absolute atomic E-state index is 0.323. The lowest BCUT2D eigenvalue weighted by molar-refractivity contribution is 0.122. The number of anilines is 3. The fourth-order valence-corrected chi connectivity index (χ4v) is 3.98. The summed E-state index contributed by atoms with van der Waals surface area (Å²) in [5.41, 5.74) is 4.01. The van der Waals surface area contributed by atoms with E-state index in [0.29, 0.717) is 36.3 Å². The van der Waals surface area contributed by atoms with Crippen LogP contribution in [-0.2, 0) is 4.74 Å². The predicted molar refractivity (Wildman–Crippen MR) is 142 cm³/mol. The molecule has 3 aromatic heterocycles. The molecule has 36 heavy (non-hydrogen) atoms. The number of fused-ring (bicyclic) bond motifs is 1. The average molecular weight is 484 g/mol. The maximum atomic E-state index is 6.34. The topological polar surface area (TPSA) is 89.5 Å². The number of rotatable bonds is 8. The highest BCUT2D eigenvalue weighted by molar-refractivity contribution is 5.89. The summed E-state index contributed by atoms with van der Waals surface area (Å²) in [6.45, 7) is 6.80. The Morgan fingerprint density at radius 3 is 2.72 bits per heavy atom. The Morgan fingerprint density at radius 1 is 1.11 bits per heavy atom. The van der Waals surface area contributed by atoms with Crippen LogP contribution in [-0.4, -0.2) is 41.3 Å². The summed E-state index contributed by atoms with van der Waals surface area (Å²) in [7, 11) is 0. The zero-order chi connectivity index (χ0) is 24.7. The predicted octanol–water partition coefficient (Wildman–Crippen LogP) is 6.38. The van der Waals surface area contributed by atoms with Crippen LogP contribution in [0.3, 0.4) is 0 Å². The van der Waals surface area contributed by atoms with Crippen LogP contribution in [0.1, 0.15) is 26.0 Å². The number of benzene rings is 1. The fraction of sp³-hybridized carbons (Fsp3) is 0.250. The lowest BCUT2D eigenvalue weighted by Gasteiger charge is -2.27. The minimum atomic E-state index is 0.323. The first-order valence-electron chi connectivity index (χ1n) is 12.2. The lowest BCUT2D eigenvalue weighted by atomic mass is 10.1. The molecule has 1 aromatic carbocycles. The van der Waals surface area contributed by atoms with Gasteiger partial charge in [0.05, 0.1) is 13.2 Å². The Bertz CT molecular complexity index is 1400. The van der Waals surface area contributed by atoms with Crippen LogP contribution in [0.2, 0.25) is 0 Å². The first-order valence-corrected chi connectivity index (χ1v) is 12.2. The van der Waals surface area contributed by atoms with E-state index in [1.165, 1.54) is 0 Å². The quantitative estimate of drug-likeness (QED) is 0.289. The molecule has 0 bridgehead atoms. The van der Waals surface area contributed by atoms with Crippen LogP contribution in [0.15, 0.2) is 81.9 Å². The van der Waals surface area contributed by atoms with Crippen LogP contribution in [0.25, 0.3) is 27.9 Å². The number of aromatic nitrogens is 3. The van der Waals surface area contributed by atoms with E-state index in [1.807, 2.05) is 67.6 Å². The second kappa shape index (κ2) is 11.0. The minimum Gasteiger partial charge on any atom is -0.450 e. The van der Waals surface area contributed by atoms with Crippen molar-refractivity contribution in [3.8, 4) is 11.3 Å². The van der Waals surface area contributed by atoms with Crippen LogP contribution in [0.5, 0.6) is 0 Å². The summed E-state index contributed by atoms with van der Waals surface area (Å²) in [4.78, 5) is 16.2. The summed E-state index contributed by atoms with van der Waals surface area (Å²) in [6.07, 6.45) is 12.8. The van der Waals surface area contributed by atoms with Gasteiger partial charge >= 0.3 is 6.01 Å². The van der Waals surface area contributed by atoms with Crippen molar-refractivity contribution >= 4 is 34.5 Å². The number of allylic oxidation sites excluding steroid dienone is 6. The maximum Gasteiger partial charge on any atom is 0.302 e. The highest BCUT2D eigenvalue weighted by Crippen LogP contribution is 2.33. The molecule has 1 saturated heterocycles. The Hall–Kier alpha value is -4.17. The molecule has 4 aromatic rings. The summed E-state index contributed by atoms with van der Waals surface area (Å²) in [6, 6.07) is 12.1. The monoisotopic (exact) mass is 483 g/mol. The van der Waals surface area contributed by atoms with Crippen molar-refractivity contribution in [3.05, 3.63) is 78.8 Å². The van der Waals surface area contributed by atoms with Crippen molar-refractivity contribution in [2.75, 3.05) is 36.5 Å². The molecule has 0 amide bonds. The largest absolute Gasteiger partial charge is 0.450 e. The van der Waals surface area contributed by atoms with Crippen molar-refractivity contribution in [2.24, 2.45) is 0 Å². The number of hydrogen-bond acceptors (Lipinski definition) is 8. The van der Waals surface area contributed by atoms with Crippen molar-refractivity contribution in [1.82, 2.24) is 15.0 Å². The molecule has 0 radical (unpaired) electrons. The highest BCUT2D eigenvalue weighted by atomic mass is 16.5. The van der Waals surface area contributed by atoms with Crippen LogP contribution >= 0.6 is 0 Å². The molecule has 8 heteroatoms. The summed E-state index contributed by atoms with van der Waals surface area (Å²) < 4.78 is 17.6. The zero-order valence-corrected chi connectivity index (χ0v) is 20.5. The van der Waals surface area contributed by atoms with Gasteiger partial charge in [-0.2, -0.15) is 9.97 Å². The van der Waals surface area contributed by atoms with Gasteiger partial charge in [-0.1, -0.05) is 67.6 Å². The third-order valence-electron chi connectivity index (χ3n) is 5.74. The van der Waals surface area contributed by atoms with Crippen LogP contribution in [0, 0.1) is 0 Å². The van der Waals surface area contributed by atoms with Gasteiger partial charge in [0.25, 0.3) is 0 Å². The molecule has 8 nitrogen and oxygen atoms in total. The summed E-state index contributed by atoms with van der Waals surface area (Å²) >= 11 is 0. The van der Waals surface area contributed by atoms with Gasteiger partial charge < -0.3 is 18.5 Å². The number of morpholine rings is 1. The lowest BCUT2D eigenvalue weighted by Crippen LogP contribution is -2.37. The Morgan fingerprint density at radius 2 is 1.94 bits per heavy atom.